The summed E-state index contributed by atoms with van der Waals surface area (Å²) in [5, 5.41) is 0. The highest BCUT2D eigenvalue weighted by molar-refractivity contribution is 14.1. The maximum atomic E-state index is 11.4. The minimum Gasteiger partial charge on any atom is -0.300 e. The third kappa shape index (κ3) is 4.73. The van der Waals surface area contributed by atoms with Gasteiger partial charge in [0, 0.05) is 32.0 Å². The van der Waals surface area contributed by atoms with E-state index in [1.165, 1.54) is 5.56 Å². The molecule has 0 amide bonds. The fourth-order valence-electron chi connectivity index (χ4n) is 2.63. The van der Waals surface area contributed by atoms with Gasteiger partial charge in [0.15, 0.2) is 0 Å². The van der Waals surface area contributed by atoms with Crippen LogP contribution in [0.3, 0.4) is 0 Å². The van der Waals surface area contributed by atoms with Gasteiger partial charge in [0.25, 0.3) is 0 Å². The molecule has 0 saturated heterocycles. The van der Waals surface area contributed by atoms with Gasteiger partial charge in [0.2, 0.25) is 0 Å². The first-order chi connectivity index (χ1) is 9.29. The van der Waals surface area contributed by atoms with E-state index in [0.29, 0.717) is 11.8 Å². The van der Waals surface area contributed by atoms with Crippen LogP contribution in [0.25, 0.3) is 0 Å². The number of carbonyl (C=O) groups excluding carboxylic acids is 1. The van der Waals surface area contributed by atoms with Crippen molar-refractivity contribution in [2.75, 3.05) is 6.54 Å². The van der Waals surface area contributed by atoms with Gasteiger partial charge in [-0.1, -0.05) is 59.0 Å². The van der Waals surface area contributed by atoms with Crippen molar-refractivity contribution in [3.05, 3.63) is 46.1 Å². The zero-order valence-electron chi connectivity index (χ0n) is 11.1. The van der Waals surface area contributed by atoms with Gasteiger partial charge in [0.1, 0.15) is 5.78 Å². The van der Waals surface area contributed by atoms with Gasteiger partial charge in [0.05, 0.1) is 0 Å². The van der Waals surface area contributed by atoms with Crippen LogP contribution in [0.5, 0.6) is 0 Å². The van der Waals surface area contributed by atoms with Crippen molar-refractivity contribution < 1.29 is 4.79 Å². The van der Waals surface area contributed by atoms with E-state index < -0.39 is 0 Å². The highest BCUT2D eigenvalue weighted by atomic mass is 127. The molecule has 0 unspecified atom stereocenters. The maximum absolute atomic E-state index is 11.4. The van der Waals surface area contributed by atoms with Crippen molar-refractivity contribution in [1.29, 1.82) is 0 Å². The van der Waals surface area contributed by atoms with Gasteiger partial charge >= 0.3 is 0 Å². The van der Waals surface area contributed by atoms with E-state index in [1.54, 1.807) is 0 Å². The third-order valence-corrected chi connectivity index (χ3v) is 4.20. The molecule has 19 heavy (non-hydrogen) atoms. The summed E-state index contributed by atoms with van der Waals surface area (Å²) in [5.41, 5.74) is 1.35. The number of nitrogens with zero attached hydrogens (tertiary/aromatic N) is 1. The van der Waals surface area contributed by atoms with Crippen molar-refractivity contribution in [3.63, 3.8) is 0 Å². The van der Waals surface area contributed by atoms with Crippen LogP contribution in [0.4, 0.5) is 0 Å². The number of ketones is 1. The largest absolute Gasteiger partial charge is 0.300 e. The van der Waals surface area contributed by atoms with Crippen LogP contribution >= 0.6 is 22.6 Å². The normalized spacial score (nSPS) is 17.5. The zero-order chi connectivity index (χ0) is 13.5. The van der Waals surface area contributed by atoms with E-state index in [0.717, 1.165) is 38.8 Å². The van der Waals surface area contributed by atoms with E-state index >= 15 is 0 Å². The van der Waals surface area contributed by atoms with Crippen LogP contribution in [-0.2, 0) is 11.3 Å². The highest BCUT2D eigenvalue weighted by Gasteiger charge is 2.23. The van der Waals surface area contributed by atoms with Crippen LogP contribution in [-0.4, -0.2) is 23.3 Å². The van der Waals surface area contributed by atoms with Gasteiger partial charge in [-0.15, -0.1) is 0 Å². The van der Waals surface area contributed by atoms with Crippen molar-refractivity contribution in [2.45, 2.75) is 38.3 Å². The number of rotatable bonds is 5. The second-order valence-electron chi connectivity index (χ2n) is 5.05. The Morgan fingerprint density at radius 3 is 2.53 bits per heavy atom. The Bertz CT molecular complexity index is 420. The molecule has 1 aromatic carbocycles. The summed E-state index contributed by atoms with van der Waals surface area (Å²) in [6.07, 6.45) is 5.73. The number of benzene rings is 1. The monoisotopic (exact) mass is 369 g/mol. The minimum atomic E-state index is 0.431. The van der Waals surface area contributed by atoms with Crippen molar-refractivity contribution in [1.82, 2.24) is 4.90 Å². The molecule has 0 atom stereocenters. The second kappa shape index (κ2) is 7.80. The Labute approximate surface area is 129 Å². The summed E-state index contributed by atoms with van der Waals surface area (Å²) in [6.45, 7) is 1.94. The molecule has 102 valence electrons. The first kappa shape index (κ1) is 14.7. The average molecular weight is 369 g/mol. The van der Waals surface area contributed by atoms with E-state index in [2.05, 4.69) is 68.0 Å². The van der Waals surface area contributed by atoms with Crippen molar-refractivity contribution in [2.24, 2.45) is 0 Å². The Kier molecular flexibility index (Phi) is 6.04. The van der Waals surface area contributed by atoms with E-state index in [4.69, 9.17) is 0 Å². The van der Waals surface area contributed by atoms with E-state index in [-0.39, 0.29) is 0 Å². The molecule has 0 heterocycles. The fourth-order valence-corrected chi connectivity index (χ4v) is 2.85. The molecular formula is C16H20INO. The molecule has 3 heteroatoms. The summed E-state index contributed by atoms with van der Waals surface area (Å²) < 4.78 is 2.07. The van der Waals surface area contributed by atoms with Gasteiger partial charge < -0.3 is 0 Å². The van der Waals surface area contributed by atoms with Crippen LogP contribution in [0.15, 0.2) is 40.5 Å². The van der Waals surface area contributed by atoms with Crippen molar-refractivity contribution >= 4 is 28.4 Å². The molecule has 0 bridgehead atoms. The average Bonchev–Trinajstić information content (AvgIpc) is 2.45. The number of hydrogen-bond acceptors (Lipinski definition) is 2. The molecule has 0 aromatic heterocycles. The first-order valence-electron chi connectivity index (χ1n) is 6.84. The molecule has 1 aliphatic rings. The SMILES string of the molecule is O=C1CCC(N(C/C=C\I)Cc2ccccc2)CC1. The molecule has 1 aliphatic carbocycles. The molecule has 2 rings (SSSR count). The Morgan fingerprint density at radius 1 is 1.21 bits per heavy atom. The second-order valence-corrected chi connectivity index (χ2v) is 5.77. The molecule has 0 aliphatic heterocycles. The van der Waals surface area contributed by atoms with Crippen LogP contribution in [0, 0.1) is 0 Å². The van der Waals surface area contributed by atoms with Gasteiger partial charge in [-0.3, -0.25) is 9.69 Å². The Morgan fingerprint density at radius 2 is 1.89 bits per heavy atom. The summed E-state index contributed by atoms with van der Waals surface area (Å²) in [5.74, 6) is 0.431. The van der Waals surface area contributed by atoms with Crippen molar-refractivity contribution in [3.8, 4) is 0 Å². The van der Waals surface area contributed by atoms with Crippen LogP contribution < -0.4 is 0 Å². The molecule has 1 fully saturated rings. The van der Waals surface area contributed by atoms with E-state index in [9.17, 15) is 4.79 Å². The number of halogens is 1. The molecule has 1 saturated carbocycles. The molecule has 0 N–H and O–H groups in total. The van der Waals surface area contributed by atoms with Crippen LogP contribution in [0.1, 0.15) is 31.2 Å². The lowest BCUT2D eigenvalue weighted by molar-refractivity contribution is -0.121. The fraction of sp³-hybridized carbons (Fsp3) is 0.438. The number of Topliss-reactive ketones (excluding diaryl/α,β-unsaturated/α-hetero) is 1. The first-order valence-corrected chi connectivity index (χ1v) is 8.09. The summed E-state index contributed by atoms with van der Waals surface area (Å²) in [6, 6.07) is 11.1. The lowest BCUT2D eigenvalue weighted by atomic mass is 9.93. The predicted octanol–water partition coefficient (Wildman–Crippen LogP) is 3.95. The Hall–Kier alpha value is -0.680. The van der Waals surface area contributed by atoms with Crippen LogP contribution in [0.2, 0.25) is 0 Å². The lowest BCUT2D eigenvalue weighted by Gasteiger charge is -2.33. The van der Waals surface area contributed by atoms with Gasteiger partial charge in [-0.05, 0) is 22.5 Å². The van der Waals surface area contributed by atoms with Gasteiger partial charge in [-0.2, -0.15) is 0 Å². The molecule has 0 spiro atoms. The summed E-state index contributed by atoms with van der Waals surface area (Å²) in [4.78, 5) is 13.9. The molecule has 1 aromatic rings. The Balaban J connectivity index is 2.01. The third-order valence-electron chi connectivity index (χ3n) is 3.69. The maximum Gasteiger partial charge on any atom is 0.133 e. The molecule has 2 nitrogen and oxygen atoms in total. The predicted molar refractivity (Wildman–Crippen MR) is 87.3 cm³/mol. The summed E-state index contributed by atoms with van der Waals surface area (Å²) >= 11 is 2.26. The standard InChI is InChI=1S/C16H20INO/c17-11-4-12-18(13-14-5-2-1-3-6-14)15-7-9-16(19)10-8-15/h1-6,11,15H,7-10,12-13H2/b11-4-. The smallest absolute Gasteiger partial charge is 0.133 e. The van der Waals surface area contributed by atoms with Gasteiger partial charge in [-0.25, -0.2) is 0 Å². The lowest BCUT2D eigenvalue weighted by Crippen LogP contribution is -2.37. The zero-order valence-corrected chi connectivity index (χ0v) is 13.3. The number of hydrogen-bond donors (Lipinski definition) is 0. The quantitative estimate of drug-likeness (QED) is 0.733. The topological polar surface area (TPSA) is 20.3 Å². The summed E-state index contributed by atoms with van der Waals surface area (Å²) in [7, 11) is 0. The van der Waals surface area contributed by atoms with E-state index in [1.807, 2.05) is 0 Å². The number of carbonyl (C=O) groups is 1. The molecule has 0 radical (unpaired) electrons. The molecular weight excluding hydrogens is 349 g/mol. The highest BCUT2D eigenvalue weighted by Crippen LogP contribution is 2.22. The minimum absolute atomic E-state index is 0.431.